The van der Waals surface area contributed by atoms with E-state index in [0.717, 1.165) is 0 Å². The molecule has 8 heteroatoms. The van der Waals surface area contributed by atoms with Gasteiger partial charge in [-0.15, -0.1) is 0 Å². The third-order valence-corrected chi connectivity index (χ3v) is 1.80. The van der Waals surface area contributed by atoms with E-state index < -0.39 is 23.6 Å². The molecule has 0 aliphatic carbocycles. The van der Waals surface area contributed by atoms with Crippen molar-refractivity contribution in [3.8, 4) is 0 Å². The minimum absolute atomic E-state index is 0.164. The molecule has 0 amide bonds. The second-order valence-electron chi connectivity index (χ2n) is 3.15. The highest BCUT2D eigenvalue weighted by molar-refractivity contribution is 5.01. The lowest BCUT2D eigenvalue weighted by Crippen LogP contribution is -2.63. The summed E-state index contributed by atoms with van der Waals surface area (Å²) in [7, 11) is 0.164. The number of ether oxygens (including phenoxy) is 1. The van der Waals surface area contributed by atoms with Gasteiger partial charge in [0, 0.05) is 21.0 Å². The smallest absolute Gasteiger partial charge is 0.340 e. The quantitative estimate of drug-likeness (QED) is 0.687. The first kappa shape index (κ1) is 14.5. The van der Waals surface area contributed by atoms with Crippen molar-refractivity contribution < 1.29 is 35.5 Å². The second kappa shape index (κ2) is 3.50. The molecule has 1 unspecified atom stereocenters. The Labute approximate surface area is 81.2 Å². The zero-order valence-corrected chi connectivity index (χ0v) is 8.05. The lowest BCUT2D eigenvalue weighted by atomic mass is 9.99. The van der Waals surface area contributed by atoms with Gasteiger partial charge in [-0.1, -0.05) is 0 Å². The van der Waals surface area contributed by atoms with Crippen LogP contribution in [0.15, 0.2) is 0 Å². The van der Waals surface area contributed by atoms with Crippen molar-refractivity contribution in [1.82, 2.24) is 0 Å². The first-order chi connectivity index (χ1) is 6.31. The van der Waals surface area contributed by atoms with E-state index in [9.17, 15) is 30.7 Å². The number of alkyl halides is 7. The van der Waals surface area contributed by atoms with Crippen LogP contribution in [0.3, 0.4) is 0 Å². The lowest BCUT2D eigenvalue weighted by Gasteiger charge is -2.38. The summed E-state index contributed by atoms with van der Waals surface area (Å²) in [6.07, 6.45) is 0. The molecule has 15 heavy (non-hydrogen) atoms. The minimum atomic E-state index is -5.65. The van der Waals surface area contributed by atoms with Crippen LogP contribution < -0.4 is 0 Å². The van der Waals surface area contributed by atoms with Crippen LogP contribution >= 0.6 is 0 Å². The van der Waals surface area contributed by atoms with Gasteiger partial charge in [0.2, 0.25) is 0 Å². The molecular formula is C7H9F7O. The molecule has 1 nitrogen and oxygen atoms in total. The van der Waals surface area contributed by atoms with Gasteiger partial charge in [0.05, 0.1) is 0 Å². The van der Waals surface area contributed by atoms with Crippen molar-refractivity contribution in [2.24, 2.45) is 0 Å². The molecule has 0 aliphatic heterocycles. The van der Waals surface area contributed by atoms with E-state index in [1.54, 1.807) is 0 Å². The molecule has 0 N–H and O–H groups in total. The molecular weight excluding hydrogens is 233 g/mol. The fourth-order valence-electron chi connectivity index (χ4n) is 0.865. The Morgan fingerprint density at radius 2 is 1.07 bits per heavy atom. The summed E-state index contributed by atoms with van der Waals surface area (Å²) < 4.78 is 91.4. The van der Waals surface area contributed by atoms with Crippen LogP contribution in [-0.2, 0) is 4.74 Å². The monoisotopic (exact) mass is 242 g/mol. The standard InChI is InChI=1S/C7H9F7O/c1-4(8,9)6(12,13)7(14,15-3)5(2,10)11/h1-3H3. The second-order valence-corrected chi connectivity index (χ2v) is 3.15. The number of halogens is 7. The van der Waals surface area contributed by atoms with Crippen molar-refractivity contribution in [3.05, 3.63) is 0 Å². The summed E-state index contributed by atoms with van der Waals surface area (Å²) in [4.78, 5) is 0. The van der Waals surface area contributed by atoms with Crippen LogP contribution in [0, 0.1) is 0 Å². The Morgan fingerprint density at radius 1 is 0.733 bits per heavy atom. The van der Waals surface area contributed by atoms with E-state index >= 15 is 0 Å². The Morgan fingerprint density at radius 3 is 1.13 bits per heavy atom. The molecule has 0 bridgehead atoms. The van der Waals surface area contributed by atoms with E-state index in [-0.39, 0.29) is 21.0 Å². The number of rotatable bonds is 4. The minimum Gasteiger partial charge on any atom is -0.340 e. The molecule has 0 aliphatic rings. The maximum absolute atomic E-state index is 13.1. The average molecular weight is 242 g/mol. The van der Waals surface area contributed by atoms with Crippen molar-refractivity contribution in [3.63, 3.8) is 0 Å². The Balaban J connectivity index is 5.50. The van der Waals surface area contributed by atoms with E-state index in [4.69, 9.17) is 0 Å². The normalized spacial score (nSPS) is 18.8. The molecule has 0 aromatic heterocycles. The largest absolute Gasteiger partial charge is 0.373 e. The highest BCUT2D eigenvalue weighted by atomic mass is 19.3. The fourth-order valence-corrected chi connectivity index (χ4v) is 0.865. The van der Waals surface area contributed by atoms with E-state index in [2.05, 4.69) is 4.74 Å². The first-order valence-electron chi connectivity index (χ1n) is 3.69. The molecule has 0 spiro atoms. The predicted molar refractivity (Wildman–Crippen MR) is 37.0 cm³/mol. The van der Waals surface area contributed by atoms with E-state index in [0.29, 0.717) is 0 Å². The molecule has 0 heterocycles. The van der Waals surface area contributed by atoms with Crippen LogP contribution in [0.25, 0.3) is 0 Å². The third-order valence-electron chi connectivity index (χ3n) is 1.80. The van der Waals surface area contributed by atoms with Crippen molar-refractivity contribution >= 4 is 0 Å². The van der Waals surface area contributed by atoms with Crippen LogP contribution in [0.1, 0.15) is 13.8 Å². The van der Waals surface area contributed by atoms with Gasteiger partial charge in [-0.3, -0.25) is 0 Å². The molecule has 0 fully saturated rings. The zero-order valence-electron chi connectivity index (χ0n) is 8.05. The van der Waals surface area contributed by atoms with Gasteiger partial charge in [0.15, 0.2) is 0 Å². The molecule has 0 saturated carbocycles. The maximum Gasteiger partial charge on any atom is 0.373 e. The highest BCUT2D eigenvalue weighted by Gasteiger charge is 2.77. The summed E-state index contributed by atoms with van der Waals surface area (Å²) in [6, 6.07) is 0. The SMILES string of the molecule is COC(F)(C(C)(F)F)C(F)(F)C(C)(F)F. The van der Waals surface area contributed by atoms with E-state index in [1.807, 2.05) is 0 Å². The van der Waals surface area contributed by atoms with Crippen LogP contribution in [-0.4, -0.2) is 30.7 Å². The Bertz CT molecular complexity index is 228. The summed E-state index contributed by atoms with van der Waals surface area (Å²) in [5.74, 6) is -20.5. The predicted octanol–water partition coefficient (Wildman–Crippen LogP) is 3.24. The maximum atomic E-state index is 13.1. The summed E-state index contributed by atoms with van der Waals surface area (Å²) in [5, 5.41) is 0. The van der Waals surface area contributed by atoms with Crippen molar-refractivity contribution in [2.75, 3.05) is 7.11 Å². The third kappa shape index (κ3) is 2.04. The van der Waals surface area contributed by atoms with Gasteiger partial charge in [0.1, 0.15) is 0 Å². The molecule has 0 aromatic rings. The van der Waals surface area contributed by atoms with Crippen molar-refractivity contribution in [2.45, 2.75) is 37.5 Å². The van der Waals surface area contributed by atoms with Gasteiger partial charge in [-0.25, -0.2) is 8.78 Å². The topological polar surface area (TPSA) is 9.23 Å². The fraction of sp³-hybridized carbons (Fsp3) is 1.00. The zero-order chi connectivity index (χ0) is 12.7. The van der Waals surface area contributed by atoms with Crippen LogP contribution in [0.2, 0.25) is 0 Å². The van der Waals surface area contributed by atoms with Gasteiger partial charge in [0.25, 0.3) is 0 Å². The van der Waals surface area contributed by atoms with Crippen molar-refractivity contribution in [1.29, 1.82) is 0 Å². The first-order valence-corrected chi connectivity index (χ1v) is 3.69. The number of methoxy groups -OCH3 is 1. The Hall–Kier alpha value is -0.530. The summed E-state index contributed by atoms with van der Waals surface area (Å²) >= 11 is 0. The average Bonchev–Trinajstić information content (AvgIpc) is 1.98. The van der Waals surface area contributed by atoms with Gasteiger partial charge >= 0.3 is 23.6 Å². The molecule has 0 aromatic carbocycles. The molecule has 1 atom stereocenters. The van der Waals surface area contributed by atoms with E-state index in [1.165, 1.54) is 0 Å². The highest BCUT2D eigenvalue weighted by Crippen LogP contribution is 2.51. The molecule has 92 valence electrons. The van der Waals surface area contributed by atoms with Crippen LogP contribution in [0.5, 0.6) is 0 Å². The van der Waals surface area contributed by atoms with Gasteiger partial charge < -0.3 is 4.74 Å². The lowest BCUT2D eigenvalue weighted by molar-refractivity contribution is -0.392. The molecule has 0 saturated heterocycles. The summed E-state index contributed by atoms with van der Waals surface area (Å²) in [5.41, 5.74) is 0. The number of hydrogen-bond acceptors (Lipinski definition) is 1. The Kier molecular flexibility index (Phi) is 3.37. The number of hydrogen-bond donors (Lipinski definition) is 0. The van der Waals surface area contributed by atoms with Gasteiger partial charge in [-0.05, 0) is 0 Å². The summed E-state index contributed by atoms with van der Waals surface area (Å²) in [6.45, 7) is -0.637. The molecule has 0 rings (SSSR count). The van der Waals surface area contributed by atoms with Crippen LogP contribution in [0.4, 0.5) is 30.7 Å². The molecule has 0 radical (unpaired) electrons. The van der Waals surface area contributed by atoms with Gasteiger partial charge in [-0.2, -0.15) is 22.0 Å².